The van der Waals surface area contributed by atoms with Crippen LogP contribution in [0.1, 0.15) is 46.0 Å². The second-order valence-electron chi connectivity index (χ2n) is 8.53. The van der Waals surface area contributed by atoms with Gasteiger partial charge in [0.15, 0.2) is 0 Å². The minimum Gasteiger partial charge on any atom is -0.480 e. The van der Waals surface area contributed by atoms with Gasteiger partial charge in [-0.05, 0) is 25.2 Å². The molecule has 0 aliphatic carbocycles. The third-order valence-corrected chi connectivity index (χ3v) is 4.81. The molecular weight excluding hydrogens is 444 g/mol. The standard InChI is InChI=1S/C22H44N6O6/c1-18(2)15-19(23)22(33)27-34-14-6-4-3-5-7-26-20(30)17-28(11-8-24-10-13-29)12-9-25-16-21(31)32/h13,18-19,24-25H,3-12,14-17,23H2,1-2H3,(H,26,30)(H,27,33)(H,31,32)/t19-/m1/s1. The van der Waals surface area contributed by atoms with Crippen molar-refractivity contribution in [2.75, 3.05) is 59.0 Å². The monoisotopic (exact) mass is 488 g/mol. The summed E-state index contributed by atoms with van der Waals surface area (Å²) in [7, 11) is 0. The number of carbonyl (C=O) groups is 4. The maximum Gasteiger partial charge on any atom is 0.317 e. The number of unbranched alkanes of at least 4 members (excludes halogenated alkanes) is 3. The molecule has 12 heteroatoms. The Labute approximate surface area is 202 Å². The molecule has 1 atom stereocenters. The smallest absolute Gasteiger partial charge is 0.317 e. The average Bonchev–Trinajstić information content (AvgIpc) is 2.77. The van der Waals surface area contributed by atoms with E-state index in [-0.39, 0.29) is 31.4 Å². The predicted octanol–water partition coefficient (Wildman–Crippen LogP) is -1.15. The number of aldehydes is 1. The summed E-state index contributed by atoms with van der Waals surface area (Å²) >= 11 is 0. The summed E-state index contributed by atoms with van der Waals surface area (Å²) in [4.78, 5) is 52.0. The zero-order valence-corrected chi connectivity index (χ0v) is 20.6. The van der Waals surface area contributed by atoms with Crippen LogP contribution >= 0.6 is 0 Å². The third-order valence-electron chi connectivity index (χ3n) is 4.81. The second kappa shape index (κ2) is 21.4. The number of nitrogens with two attached hydrogens (primary N) is 1. The number of hydroxylamine groups is 1. The van der Waals surface area contributed by atoms with Crippen LogP contribution < -0.4 is 27.2 Å². The molecule has 34 heavy (non-hydrogen) atoms. The Morgan fingerprint density at radius 1 is 1.03 bits per heavy atom. The van der Waals surface area contributed by atoms with E-state index >= 15 is 0 Å². The molecule has 0 bridgehead atoms. The summed E-state index contributed by atoms with van der Waals surface area (Å²) in [6.07, 6.45) is 4.84. The fourth-order valence-corrected chi connectivity index (χ4v) is 3.05. The zero-order valence-electron chi connectivity index (χ0n) is 20.6. The Hall–Kier alpha value is -2.12. The van der Waals surface area contributed by atoms with Crippen molar-refractivity contribution in [3.05, 3.63) is 0 Å². The van der Waals surface area contributed by atoms with Gasteiger partial charge in [0, 0.05) is 32.7 Å². The second-order valence-corrected chi connectivity index (χ2v) is 8.53. The van der Waals surface area contributed by atoms with Gasteiger partial charge in [0.25, 0.3) is 5.91 Å². The molecule has 0 rings (SSSR count). The number of carbonyl (C=O) groups excluding carboxylic acids is 3. The summed E-state index contributed by atoms with van der Waals surface area (Å²) in [6, 6.07) is -0.562. The van der Waals surface area contributed by atoms with E-state index in [2.05, 4.69) is 21.4 Å². The quantitative estimate of drug-likeness (QED) is 0.0585. The van der Waals surface area contributed by atoms with Gasteiger partial charge in [-0.2, -0.15) is 0 Å². The first-order valence-electron chi connectivity index (χ1n) is 12.0. The van der Waals surface area contributed by atoms with E-state index in [0.29, 0.717) is 51.7 Å². The first-order chi connectivity index (χ1) is 16.3. The molecule has 0 heterocycles. The van der Waals surface area contributed by atoms with Gasteiger partial charge >= 0.3 is 5.97 Å². The Balaban J connectivity index is 3.90. The van der Waals surface area contributed by atoms with Crippen LogP contribution in [0.4, 0.5) is 0 Å². The number of hydrogen-bond acceptors (Lipinski definition) is 9. The van der Waals surface area contributed by atoms with Crippen LogP contribution in [0.5, 0.6) is 0 Å². The van der Waals surface area contributed by atoms with Crippen molar-refractivity contribution in [2.24, 2.45) is 11.7 Å². The van der Waals surface area contributed by atoms with E-state index in [1.807, 2.05) is 18.7 Å². The maximum atomic E-state index is 12.2. The van der Waals surface area contributed by atoms with E-state index in [4.69, 9.17) is 15.7 Å². The maximum absolute atomic E-state index is 12.2. The Morgan fingerprint density at radius 3 is 2.35 bits per heavy atom. The van der Waals surface area contributed by atoms with Gasteiger partial charge in [-0.15, -0.1) is 0 Å². The fourth-order valence-electron chi connectivity index (χ4n) is 3.05. The highest BCUT2D eigenvalue weighted by Crippen LogP contribution is 2.03. The van der Waals surface area contributed by atoms with Gasteiger partial charge in [-0.25, -0.2) is 5.48 Å². The van der Waals surface area contributed by atoms with Crippen molar-refractivity contribution in [3.8, 4) is 0 Å². The van der Waals surface area contributed by atoms with Crippen LogP contribution in [0.3, 0.4) is 0 Å². The van der Waals surface area contributed by atoms with Crippen molar-refractivity contribution in [3.63, 3.8) is 0 Å². The van der Waals surface area contributed by atoms with Gasteiger partial charge < -0.3 is 31.6 Å². The van der Waals surface area contributed by atoms with Gasteiger partial charge in [0.2, 0.25) is 5.91 Å². The first-order valence-corrected chi connectivity index (χ1v) is 12.0. The number of carboxylic acid groups (broad SMARTS) is 1. The van der Waals surface area contributed by atoms with E-state index in [9.17, 15) is 19.2 Å². The summed E-state index contributed by atoms with van der Waals surface area (Å²) < 4.78 is 0. The van der Waals surface area contributed by atoms with Crippen LogP contribution in [0.2, 0.25) is 0 Å². The molecule has 198 valence electrons. The first kappa shape index (κ1) is 31.9. The molecule has 0 aliphatic rings. The van der Waals surface area contributed by atoms with Crippen molar-refractivity contribution in [2.45, 2.75) is 52.0 Å². The number of aliphatic carboxylic acids is 1. The topological polar surface area (TPSA) is 175 Å². The zero-order chi connectivity index (χ0) is 25.6. The van der Waals surface area contributed by atoms with Crippen molar-refractivity contribution in [1.82, 2.24) is 26.3 Å². The molecule has 0 aliphatic heterocycles. The van der Waals surface area contributed by atoms with E-state index in [0.717, 1.165) is 32.0 Å². The fraction of sp³-hybridized carbons (Fsp3) is 0.818. The molecule has 0 spiro atoms. The van der Waals surface area contributed by atoms with Crippen LogP contribution in [0.25, 0.3) is 0 Å². The van der Waals surface area contributed by atoms with Crippen LogP contribution in [-0.4, -0.2) is 99.1 Å². The number of hydrogen-bond donors (Lipinski definition) is 6. The summed E-state index contributed by atoms with van der Waals surface area (Å²) in [5.74, 6) is -0.991. The van der Waals surface area contributed by atoms with Crippen molar-refractivity contribution in [1.29, 1.82) is 0 Å². The minimum atomic E-state index is -0.931. The van der Waals surface area contributed by atoms with Crippen LogP contribution in [0.15, 0.2) is 0 Å². The molecule has 0 aromatic heterocycles. The van der Waals surface area contributed by atoms with Gasteiger partial charge in [0.1, 0.15) is 6.29 Å². The summed E-state index contributed by atoms with van der Waals surface area (Å²) in [5, 5.41) is 17.3. The van der Waals surface area contributed by atoms with Gasteiger partial charge in [-0.1, -0.05) is 26.7 Å². The van der Waals surface area contributed by atoms with Crippen LogP contribution in [0, 0.1) is 5.92 Å². The predicted molar refractivity (Wildman–Crippen MR) is 129 cm³/mol. The summed E-state index contributed by atoms with van der Waals surface area (Å²) in [6.45, 7) is 7.38. The molecule has 2 amide bonds. The number of rotatable bonds is 23. The lowest BCUT2D eigenvalue weighted by Gasteiger charge is -2.22. The normalized spacial score (nSPS) is 12.0. The highest BCUT2D eigenvalue weighted by atomic mass is 16.6. The van der Waals surface area contributed by atoms with Crippen LogP contribution in [-0.2, 0) is 24.0 Å². The third kappa shape index (κ3) is 20.5. The minimum absolute atomic E-state index is 0.0996. The number of amides is 2. The lowest BCUT2D eigenvalue weighted by atomic mass is 10.0. The Bertz CT molecular complexity index is 578. The largest absolute Gasteiger partial charge is 0.480 e. The van der Waals surface area contributed by atoms with Gasteiger partial charge in [-0.3, -0.25) is 24.1 Å². The summed E-state index contributed by atoms with van der Waals surface area (Å²) in [5.41, 5.74) is 8.16. The molecule has 0 fully saturated rings. The van der Waals surface area contributed by atoms with Crippen molar-refractivity contribution >= 4 is 24.1 Å². The van der Waals surface area contributed by atoms with E-state index in [1.165, 1.54) is 0 Å². The molecule has 12 nitrogen and oxygen atoms in total. The average molecular weight is 489 g/mol. The van der Waals surface area contributed by atoms with E-state index in [1.54, 1.807) is 0 Å². The van der Waals surface area contributed by atoms with Crippen molar-refractivity contribution < 1.29 is 29.1 Å². The van der Waals surface area contributed by atoms with E-state index < -0.39 is 12.0 Å². The molecule has 0 radical (unpaired) electrons. The Morgan fingerprint density at radius 2 is 1.71 bits per heavy atom. The SMILES string of the molecule is CC(C)C[C@@H](N)C(=O)NOCCCCCCNC(=O)CN(CCNCC=O)CCNCC(=O)O. The molecule has 0 saturated carbocycles. The lowest BCUT2D eigenvalue weighted by molar-refractivity contribution is -0.136. The highest BCUT2D eigenvalue weighted by Gasteiger charge is 2.14. The molecule has 7 N–H and O–H groups in total. The lowest BCUT2D eigenvalue weighted by Crippen LogP contribution is -2.43. The Kier molecular flexibility index (Phi) is 20.1. The highest BCUT2D eigenvalue weighted by molar-refractivity contribution is 5.80. The molecular formula is C22H44N6O6. The number of carboxylic acids is 1. The molecule has 0 aromatic carbocycles. The molecule has 0 unspecified atom stereocenters. The molecule has 0 aromatic rings. The number of nitrogens with zero attached hydrogens (tertiary/aromatic N) is 1. The number of nitrogens with one attached hydrogen (secondary N) is 4. The molecule has 0 saturated heterocycles. The van der Waals surface area contributed by atoms with Gasteiger partial charge in [0.05, 0.1) is 32.3 Å².